The molecule has 1 aliphatic rings. The number of hydrogen-bond donors (Lipinski definition) is 1. The third-order valence-electron chi connectivity index (χ3n) is 2.97. The van der Waals surface area contributed by atoms with Gasteiger partial charge in [0.1, 0.15) is 0 Å². The van der Waals surface area contributed by atoms with Crippen LogP contribution in [-0.2, 0) is 0 Å². The molecule has 1 unspecified atom stereocenters. The monoisotopic (exact) mass is 273 g/mol. The summed E-state index contributed by atoms with van der Waals surface area (Å²) in [6, 6.07) is 5.98. The Hall–Kier alpha value is -0.0500. The van der Waals surface area contributed by atoms with Crippen LogP contribution >= 0.6 is 27.5 Å². The molecule has 1 aromatic carbocycles. The molecular formula is C11H13BrClN. The Balaban J connectivity index is 2.24. The van der Waals surface area contributed by atoms with Crippen molar-refractivity contribution in [1.82, 2.24) is 0 Å². The zero-order valence-corrected chi connectivity index (χ0v) is 10.2. The van der Waals surface area contributed by atoms with Crippen LogP contribution in [0.3, 0.4) is 0 Å². The largest absolute Gasteiger partial charge is 0.324 e. The first-order chi connectivity index (χ1) is 6.68. The zero-order valence-electron chi connectivity index (χ0n) is 7.84. The maximum Gasteiger partial charge on any atom is 0.0454 e. The fourth-order valence-corrected chi connectivity index (χ4v) is 2.45. The third-order valence-corrected chi connectivity index (χ3v) is 3.81. The van der Waals surface area contributed by atoms with Crippen LogP contribution < -0.4 is 5.73 Å². The van der Waals surface area contributed by atoms with E-state index >= 15 is 0 Å². The first-order valence-corrected chi connectivity index (χ1v) is 6.06. The van der Waals surface area contributed by atoms with E-state index in [0.717, 1.165) is 15.1 Å². The van der Waals surface area contributed by atoms with E-state index in [2.05, 4.69) is 15.9 Å². The standard InChI is InChI=1S/C11H13BrClN/c12-8-4-5-10(13)9(6-8)11(14)7-2-1-3-7/h4-7,11H,1-3,14H2. The molecule has 0 aliphatic heterocycles. The molecule has 0 spiro atoms. The molecule has 1 aliphatic carbocycles. The predicted octanol–water partition coefficient (Wildman–Crippen LogP) is 3.90. The molecule has 1 aromatic rings. The summed E-state index contributed by atoms with van der Waals surface area (Å²) in [6.07, 6.45) is 3.79. The fraction of sp³-hybridized carbons (Fsp3) is 0.455. The Morgan fingerprint density at radius 3 is 2.71 bits per heavy atom. The van der Waals surface area contributed by atoms with Gasteiger partial charge in [0.05, 0.1) is 0 Å². The Morgan fingerprint density at radius 1 is 1.43 bits per heavy atom. The molecule has 0 bridgehead atoms. The van der Waals surface area contributed by atoms with Crippen LogP contribution in [0.25, 0.3) is 0 Å². The number of nitrogens with two attached hydrogens (primary N) is 1. The summed E-state index contributed by atoms with van der Waals surface area (Å²) in [6.45, 7) is 0. The van der Waals surface area contributed by atoms with Gasteiger partial charge in [-0.15, -0.1) is 0 Å². The highest BCUT2D eigenvalue weighted by molar-refractivity contribution is 9.10. The van der Waals surface area contributed by atoms with E-state index < -0.39 is 0 Å². The smallest absolute Gasteiger partial charge is 0.0454 e. The predicted molar refractivity (Wildman–Crippen MR) is 63.4 cm³/mol. The molecule has 1 nitrogen and oxygen atoms in total. The van der Waals surface area contributed by atoms with Crippen LogP contribution in [0, 0.1) is 5.92 Å². The second-order valence-corrected chi connectivity index (χ2v) is 5.21. The normalized spacial score (nSPS) is 19.1. The van der Waals surface area contributed by atoms with Crippen LogP contribution in [-0.4, -0.2) is 0 Å². The molecule has 0 radical (unpaired) electrons. The number of rotatable bonds is 2. The number of benzene rings is 1. The van der Waals surface area contributed by atoms with Gasteiger partial charge in [0, 0.05) is 15.5 Å². The molecule has 14 heavy (non-hydrogen) atoms. The van der Waals surface area contributed by atoms with E-state index in [0.29, 0.717) is 5.92 Å². The molecule has 1 saturated carbocycles. The van der Waals surface area contributed by atoms with Gasteiger partial charge in [0.15, 0.2) is 0 Å². The highest BCUT2D eigenvalue weighted by atomic mass is 79.9. The van der Waals surface area contributed by atoms with Gasteiger partial charge in [-0.25, -0.2) is 0 Å². The Labute approximate surface area is 97.8 Å². The molecule has 0 aromatic heterocycles. The molecule has 0 amide bonds. The van der Waals surface area contributed by atoms with Gasteiger partial charge < -0.3 is 5.73 Å². The lowest BCUT2D eigenvalue weighted by atomic mass is 9.77. The minimum atomic E-state index is 0.105. The maximum absolute atomic E-state index is 6.16. The van der Waals surface area contributed by atoms with Gasteiger partial charge in [0.2, 0.25) is 0 Å². The zero-order chi connectivity index (χ0) is 10.1. The minimum Gasteiger partial charge on any atom is -0.324 e. The van der Waals surface area contributed by atoms with Crippen molar-refractivity contribution in [3.63, 3.8) is 0 Å². The van der Waals surface area contributed by atoms with Crippen molar-refractivity contribution in [3.8, 4) is 0 Å². The van der Waals surface area contributed by atoms with Gasteiger partial charge in [-0.1, -0.05) is 34.0 Å². The number of halogens is 2. The van der Waals surface area contributed by atoms with E-state index in [-0.39, 0.29) is 6.04 Å². The number of hydrogen-bond acceptors (Lipinski definition) is 1. The molecule has 3 heteroatoms. The minimum absolute atomic E-state index is 0.105. The Morgan fingerprint density at radius 2 is 2.14 bits per heavy atom. The van der Waals surface area contributed by atoms with Crippen molar-refractivity contribution in [2.45, 2.75) is 25.3 Å². The summed E-state index contributed by atoms with van der Waals surface area (Å²) in [5.41, 5.74) is 7.24. The van der Waals surface area contributed by atoms with Crippen molar-refractivity contribution in [1.29, 1.82) is 0 Å². The van der Waals surface area contributed by atoms with E-state index in [1.807, 2.05) is 18.2 Å². The van der Waals surface area contributed by atoms with E-state index in [1.165, 1.54) is 19.3 Å². The average molecular weight is 275 g/mol. The van der Waals surface area contributed by atoms with Crippen LogP contribution in [0.5, 0.6) is 0 Å². The fourth-order valence-electron chi connectivity index (χ4n) is 1.82. The van der Waals surface area contributed by atoms with Gasteiger partial charge in [0.25, 0.3) is 0 Å². The summed E-state index contributed by atoms with van der Waals surface area (Å²) in [5.74, 6) is 0.627. The molecular weight excluding hydrogens is 261 g/mol. The highest BCUT2D eigenvalue weighted by Gasteiger charge is 2.26. The SMILES string of the molecule is NC(c1cc(Br)ccc1Cl)C1CCC1. The molecule has 1 fully saturated rings. The summed E-state index contributed by atoms with van der Waals surface area (Å²) in [5, 5.41) is 0.785. The van der Waals surface area contributed by atoms with Gasteiger partial charge >= 0.3 is 0 Å². The van der Waals surface area contributed by atoms with Crippen LogP contribution in [0.1, 0.15) is 30.9 Å². The van der Waals surface area contributed by atoms with E-state index in [9.17, 15) is 0 Å². The highest BCUT2D eigenvalue weighted by Crippen LogP contribution is 2.38. The Kier molecular flexibility index (Phi) is 3.15. The van der Waals surface area contributed by atoms with Gasteiger partial charge in [-0.2, -0.15) is 0 Å². The topological polar surface area (TPSA) is 26.0 Å². The van der Waals surface area contributed by atoms with Crippen molar-refractivity contribution in [3.05, 3.63) is 33.3 Å². The molecule has 0 saturated heterocycles. The van der Waals surface area contributed by atoms with Crippen molar-refractivity contribution in [2.75, 3.05) is 0 Å². The van der Waals surface area contributed by atoms with Gasteiger partial charge in [-0.05, 0) is 42.5 Å². The van der Waals surface area contributed by atoms with Gasteiger partial charge in [-0.3, -0.25) is 0 Å². The second kappa shape index (κ2) is 4.21. The lowest BCUT2D eigenvalue weighted by Gasteiger charge is -2.32. The molecule has 2 rings (SSSR count). The molecule has 2 N–H and O–H groups in total. The third kappa shape index (κ3) is 1.97. The van der Waals surface area contributed by atoms with E-state index in [4.69, 9.17) is 17.3 Å². The Bertz CT molecular complexity index is 336. The first kappa shape index (κ1) is 10.5. The summed E-state index contributed by atoms with van der Waals surface area (Å²) >= 11 is 9.55. The summed E-state index contributed by atoms with van der Waals surface area (Å²) in [4.78, 5) is 0. The van der Waals surface area contributed by atoms with Crippen LogP contribution in [0.2, 0.25) is 5.02 Å². The quantitative estimate of drug-likeness (QED) is 0.869. The van der Waals surface area contributed by atoms with Crippen LogP contribution in [0.15, 0.2) is 22.7 Å². The second-order valence-electron chi connectivity index (χ2n) is 3.88. The van der Waals surface area contributed by atoms with Crippen molar-refractivity contribution < 1.29 is 0 Å². The summed E-state index contributed by atoms with van der Waals surface area (Å²) in [7, 11) is 0. The van der Waals surface area contributed by atoms with Crippen molar-refractivity contribution in [2.24, 2.45) is 11.7 Å². The first-order valence-electron chi connectivity index (χ1n) is 4.89. The van der Waals surface area contributed by atoms with Crippen molar-refractivity contribution >= 4 is 27.5 Å². The lowest BCUT2D eigenvalue weighted by Crippen LogP contribution is -2.27. The van der Waals surface area contributed by atoms with Crippen LogP contribution in [0.4, 0.5) is 0 Å². The maximum atomic E-state index is 6.16. The molecule has 76 valence electrons. The molecule has 1 atom stereocenters. The summed E-state index contributed by atoms with van der Waals surface area (Å²) < 4.78 is 1.05. The molecule has 0 heterocycles. The average Bonchev–Trinajstić information content (AvgIpc) is 2.06. The van der Waals surface area contributed by atoms with E-state index in [1.54, 1.807) is 0 Å². The lowest BCUT2D eigenvalue weighted by molar-refractivity contribution is 0.264.